The minimum Gasteiger partial charge on any atom is -0.403 e. The highest BCUT2D eigenvalue weighted by molar-refractivity contribution is 6.99. The van der Waals surface area contributed by atoms with Gasteiger partial charge in [0.2, 0.25) is 0 Å². The Labute approximate surface area is 270 Å². The van der Waals surface area contributed by atoms with Crippen molar-refractivity contribution in [2.24, 2.45) is 0 Å². The molecule has 4 rings (SSSR count). The maximum atomic E-state index is 7.11. The lowest BCUT2D eigenvalue weighted by atomic mass is 10.1. The molecule has 0 aliphatic rings. The molecule has 0 spiro atoms. The molecule has 0 N–H and O–H groups in total. The molecule has 0 amide bonds. The van der Waals surface area contributed by atoms with Gasteiger partial charge in [-0.2, -0.15) is 0 Å². The van der Waals surface area contributed by atoms with Crippen LogP contribution in [0.1, 0.15) is 82.9 Å². The highest BCUT2D eigenvalue weighted by Crippen LogP contribution is 2.37. The zero-order valence-electron chi connectivity index (χ0n) is 28.0. The van der Waals surface area contributed by atoms with Gasteiger partial charge in [0.1, 0.15) is 0 Å². The number of benzene rings is 4. The average molecular weight is 617 g/mol. The Balaban J connectivity index is 1.42. The molecule has 0 bridgehead atoms. The van der Waals surface area contributed by atoms with E-state index in [0.717, 1.165) is 11.1 Å². The van der Waals surface area contributed by atoms with E-state index >= 15 is 0 Å². The van der Waals surface area contributed by atoms with Gasteiger partial charge in [0, 0.05) is 11.1 Å². The smallest absolute Gasteiger partial charge is 0.261 e. The molecule has 1 nitrogen and oxygen atoms in total. The molecule has 0 saturated carbocycles. The summed E-state index contributed by atoms with van der Waals surface area (Å²) in [6.07, 6.45) is 8.23. The van der Waals surface area contributed by atoms with Crippen molar-refractivity contribution < 1.29 is 4.43 Å². The predicted octanol–water partition coefficient (Wildman–Crippen LogP) is 9.44. The van der Waals surface area contributed by atoms with Crippen LogP contribution in [-0.4, -0.2) is 16.4 Å². The molecule has 230 valence electrons. The van der Waals surface area contributed by atoms with Crippen molar-refractivity contribution in [3.63, 3.8) is 0 Å². The van der Waals surface area contributed by atoms with Gasteiger partial charge < -0.3 is 4.43 Å². The maximum Gasteiger partial charge on any atom is 0.261 e. The lowest BCUT2D eigenvalue weighted by Gasteiger charge is -2.43. The monoisotopic (exact) mass is 616 g/mol. The van der Waals surface area contributed by atoms with Crippen molar-refractivity contribution in [2.75, 3.05) is 0 Å². The third kappa shape index (κ3) is 8.72. The summed E-state index contributed by atoms with van der Waals surface area (Å²) in [5.74, 6) is 6.77. The average Bonchev–Trinajstić information content (AvgIpc) is 3.03. The first-order valence-electron chi connectivity index (χ1n) is 16.6. The molecule has 0 fully saturated rings. The van der Waals surface area contributed by atoms with Crippen LogP contribution in [0, 0.1) is 11.8 Å². The molecular formula is C41H52OSi2. The van der Waals surface area contributed by atoms with E-state index in [4.69, 9.17) is 4.43 Å². The molecule has 0 heterocycles. The zero-order valence-corrected chi connectivity index (χ0v) is 30.0. The molecule has 0 atom stereocenters. The van der Waals surface area contributed by atoms with Gasteiger partial charge in [-0.05, 0) is 45.2 Å². The molecule has 0 aromatic heterocycles. The second-order valence-corrected chi connectivity index (χ2v) is 23.0. The summed E-state index contributed by atoms with van der Waals surface area (Å²) in [6, 6.07) is 40.7. The van der Waals surface area contributed by atoms with Crippen LogP contribution in [0.15, 0.2) is 109 Å². The molecule has 0 saturated heterocycles. The van der Waals surface area contributed by atoms with Crippen LogP contribution in [-0.2, 0) is 11.0 Å². The predicted molar refractivity (Wildman–Crippen MR) is 197 cm³/mol. The van der Waals surface area contributed by atoms with Gasteiger partial charge >= 0.3 is 0 Å². The van der Waals surface area contributed by atoms with E-state index in [1.165, 1.54) is 60.5 Å². The van der Waals surface area contributed by atoms with Crippen LogP contribution in [0.4, 0.5) is 0 Å². The molecule has 3 heteroatoms. The molecule has 4 aromatic rings. The van der Waals surface area contributed by atoms with Crippen molar-refractivity contribution in [2.45, 2.75) is 97.0 Å². The zero-order chi connectivity index (χ0) is 31.5. The van der Waals surface area contributed by atoms with Crippen LogP contribution in [0.5, 0.6) is 0 Å². The minimum atomic E-state index is -2.56. The maximum absolute atomic E-state index is 7.11. The molecule has 0 aliphatic heterocycles. The van der Waals surface area contributed by atoms with Gasteiger partial charge in [0.05, 0.1) is 14.7 Å². The molecule has 0 radical (unpaired) electrons. The van der Waals surface area contributed by atoms with Gasteiger partial charge in [-0.1, -0.05) is 187 Å². The molecule has 4 aromatic carbocycles. The van der Waals surface area contributed by atoms with Gasteiger partial charge in [-0.25, -0.2) is 0 Å². The second-order valence-electron chi connectivity index (χ2n) is 13.9. The fourth-order valence-corrected chi connectivity index (χ4v) is 13.3. The first-order valence-corrected chi connectivity index (χ1v) is 21.7. The molecule has 0 unspecified atom stereocenters. The summed E-state index contributed by atoms with van der Waals surface area (Å²) in [7, 11) is -3.96. The summed E-state index contributed by atoms with van der Waals surface area (Å²) < 4.78 is 7.11. The van der Waals surface area contributed by atoms with Gasteiger partial charge in [-0.3, -0.25) is 0 Å². The highest BCUT2D eigenvalue weighted by Gasteiger charge is 2.50. The Morgan fingerprint density at radius 2 is 1.05 bits per heavy atom. The number of hydrogen-bond donors (Lipinski definition) is 0. The quantitative estimate of drug-likeness (QED) is 0.0826. The fourth-order valence-electron chi connectivity index (χ4n) is 6.28. The number of hydrogen-bond acceptors (Lipinski definition) is 1. The van der Waals surface area contributed by atoms with E-state index < -0.39 is 16.4 Å². The summed E-state index contributed by atoms with van der Waals surface area (Å²) >= 11 is 0. The third-order valence-electron chi connectivity index (χ3n) is 9.00. The Hall–Kier alpha value is -3.17. The standard InChI is InChI=1S/C41H52OSi2/c1-7-8-9-10-11-18-33-43(5,6)38-31-29-36(30-32-38)24-23-35-25-27-37(28-26-35)34-42-44(41(2,3)4,39-19-14-12-15-20-39)40-21-16-13-17-22-40/h12-17,19-22,25-32H,7-11,18,33-34H2,1-6H3. The fraction of sp³-hybridized carbons (Fsp3) is 0.366. The van der Waals surface area contributed by atoms with Crippen LogP contribution >= 0.6 is 0 Å². The van der Waals surface area contributed by atoms with E-state index in [0.29, 0.717) is 6.61 Å². The first-order chi connectivity index (χ1) is 21.2. The van der Waals surface area contributed by atoms with Crippen molar-refractivity contribution in [3.05, 3.63) is 126 Å². The van der Waals surface area contributed by atoms with Crippen LogP contribution < -0.4 is 15.6 Å². The van der Waals surface area contributed by atoms with Crippen molar-refractivity contribution in [3.8, 4) is 11.8 Å². The van der Waals surface area contributed by atoms with Gasteiger partial charge in [0.15, 0.2) is 0 Å². The van der Waals surface area contributed by atoms with E-state index in [1.807, 2.05) is 0 Å². The minimum absolute atomic E-state index is 0.0391. The first kappa shape index (κ1) is 33.7. The van der Waals surface area contributed by atoms with E-state index in [2.05, 4.69) is 162 Å². The Bertz CT molecular complexity index is 1430. The second kappa shape index (κ2) is 15.7. The van der Waals surface area contributed by atoms with Crippen LogP contribution in [0.25, 0.3) is 0 Å². The highest BCUT2D eigenvalue weighted by atomic mass is 28.4. The van der Waals surface area contributed by atoms with Crippen molar-refractivity contribution in [1.82, 2.24) is 0 Å². The van der Waals surface area contributed by atoms with Gasteiger partial charge in [0.25, 0.3) is 8.32 Å². The molecular weight excluding hydrogens is 565 g/mol. The third-order valence-corrected chi connectivity index (χ3v) is 17.5. The summed E-state index contributed by atoms with van der Waals surface area (Å²) in [5.41, 5.74) is 3.28. The van der Waals surface area contributed by atoms with Crippen LogP contribution in [0.3, 0.4) is 0 Å². The normalized spacial score (nSPS) is 12.0. The summed E-state index contributed by atoms with van der Waals surface area (Å²) in [6.45, 7) is 14.8. The molecule has 44 heavy (non-hydrogen) atoms. The van der Waals surface area contributed by atoms with Crippen molar-refractivity contribution in [1.29, 1.82) is 0 Å². The summed E-state index contributed by atoms with van der Waals surface area (Å²) in [5, 5.41) is 4.12. The molecule has 0 aliphatic carbocycles. The van der Waals surface area contributed by atoms with Crippen molar-refractivity contribution >= 4 is 32.0 Å². The van der Waals surface area contributed by atoms with E-state index in [1.54, 1.807) is 5.19 Å². The van der Waals surface area contributed by atoms with Crippen LogP contribution in [0.2, 0.25) is 24.2 Å². The van der Waals surface area contributed by atoms with E-state index in [-0.39, 0.29) is 5.04 Å². The Morgan fingerprint density at radius 1 is 0.568 bits per heavy atom. The van der Waals surface area contributed by atoms with Gasteiger partial charge in [-0.15, -0.1) is 0 Å². The Morgan fingerprint density at radius 3 is 1.55 bits per heavy atom. The SMILES string of the molecule is CCCCCCCC[Si](C)(C)c1ccc(C#Cc2ccc(CO[Si](c3ccccc3)(c3ccccc3)C(C)(C)C)cc2)cc1. The largest absolute Gasteiger partial charge is 0.403 e. The Kier molecular flexibility index (Phi) is 12.0. The lowest BCUT2D eigenvalue weighted by Crippen LogP contribution is -2.66. The number of rotatable bonds is 13. The van der Waals surface area contributed by atoms with E-state index in [9.17, 15) is 0 Å². The summed E-state index contributed by atoms with van der Waals surface area (Å²) in [4.78, 5) is 0. The lowest BCUT2D eigenvalue weighted by molar-refractivity contribution is 0.286. The number of unbranched alkanes of at least 4 members (excludes halogenated alkanes) is 5. The topological polar surface area (TPSA) is 9.23 Å².